The smallest absolute Gasteiger partial charge is 0.228 e. The third-order valence-electron chi connectivity index (χ3n) is 4.93. The second-order valence-corrected chi connectivity index (χ2v) is 6.86. The summed E-state index contributed by atoms with van der Waals surface area (Å²) in [5.41, 5.74) is -0.00249. The van der Waals surface area contributed by atoms with Crippen molar-refractivity contribution in [1.82, 2.24) is 4.90 Å². The molecule has 0 aromatic rings. The Morgan fingerprint density at radius 2 is 2.22 bits per heavy atom. The maximum atomic E-state index is 11.7. The molecular weight excluding hydrogens is 298 g/mol. The van der Waals surface area contributed by atoms with Gasteiger partial charge in [0.15, 0.2) is 5.79 Å². The fraction of sp³-hybridized carbons (Fsp3) is 0.706. The predicted octanol–water partition coefficient (Wildman–Crippen LogP) is 1.21. The molecule has 6 heteroatoms. The molecule has 3 aliphatic rings. The molecule has 2 heterocycles. The zero-order valence-electron chi connectivity index (χ0n) is 14.1. The maximum Gasteiger partial charge on any atom is 0.228 e. The molecule has 4 atom stereocenters. The van der Waals surface area contributed by atoms with Crippen molar-refractivity contribution in [3.05, 3.63) is 23.9 Å². The number of β-lactam (4-membered cyclic amide) rings is 1. The highest BCUT2D eigenvalue weighted by atomic mass is 16.8. The summed E-state index contributed by atoms with van der Waals surface area (Å²) in [6.07, 6.45) is 5.30. The van der Waals surface area contributed by atoms with Crippen molar-refractivity contribution in [3.8, 4) is 0 Å². The Labute approximate surface area is 136 Å². The molecule has 0 radical (unpaired) electrons. The first-order chi connectivity index (χ1) is 10.8. The molecule has 2 fully saturated rings. The summed E-state index contributed by atoms with van der Waals surface area (Å²) in [6.45, 7) is 6.56. The first-order valence-electron chi connectivity index (χ1n) is 8.05. The number of aliphatic hydroxyl groups excluding tert-OH is 1. The number of carbonyl (C=O) groups is 1. The van der Waals surface area contributed by atoms with E-state index in [9.17, 15) is 9.90 Å². The molecule has 3 rings (SSSR count). The van der Waals surface area contributed by atoms with Crippen molar-refractivity contribution in [2.75, 3.05) is 20.3 Å². The monoisotopic (exact) mass is 323 g/mol. The van der Waals surface area contributed by atoms with Gasteiger partial charge in [0, 0.05) is 31.7 Å². The standard InChI is InChI=1S/C17H25NO5/c1-11(19)13-9-12(18-8-6-15(18)20)5-7-17(13,21-4)14-10-22-16(2,3)23-14/h5,7,9,11,13-14,19H,6,8,10H2,1-4H3/t11-,13-,14-,17-/m0/s1. The van der Waals surface area contributed by atoms with E-state index in [2.05, 4.69) is 0 Å². The van der Waals surface area contributed by atoms with E-state index in [1.54, 1.807) is 18.9 Å². The molecule has 0 aromatic heterocycles. The zero-order valence-corrected chi connectivity index (χ0v) is 14.1. The first-order valence-corrected chi connectivity index (χ1v) is 8.05. The summed E-state index contributed by atoms with van der Waals surface area (Å²) in [5.74, 6) is -0.898. The van der Waals surface area contributed by atoms with Crippen LogP contribution in [-0.4, -0.2) is 59.8 Å². The lowest BCUT2D eigenvalue weighted by atomic mass is 9.75. The summed E-state index contributed by atoms with van der Waals surface area (Å²) in [5, 5.41) is 10.3. The van der Waals surface area contributed by atoms with E-state index >= 15 is 0 Å². The number of amides is 1. The predicted molar refractivity (Wildman–Crippen MR) is 83.4 cm³/mol. The molecule has 6 nitrogen and oxygen atoms in total. The molecule has 2 aliphatic heterocycles. The van der Waals surface area contributed by atoms with Crippen LogP contribution < -0.4 is 0 Å². The normalized spacial score (nSPS) is 37.5. The van der Waals surface area contributed by atoms with Crippen molar-refractivity contribution in [1.29, 1.82) is 0 Å². The SMILES string of the molecule is CO[C@@]1([C@@H]2COC(C)(C)O2)C=CC(N2CCC2=O)=C[C@H]1[C@H](C)O. The molecule has 1 amide bonds. The minimum Gasteiger partial charge on any atom is -0.393 e. The fourth-order valence-electron chi connectivity index (χ4n) is 3.55. The van der Waals surface area contributed by atoms with Gasteiger partial charge in [-0.25, -0.2) is 0 Å². The van der Waals surface area contributed by atoms with E-state index in [1.165, 1.54) is 0 Å². The minimum atomic E-state index is -0.820. The van der Waals surface area contributed by atoms with E-state index in [-0.39, 0.29) is 17.9 Å². The van der Waals surface area contributed by atoms with E-state index in [4.69, 9.17) is 14.2 Å². The topological polar surface area (TPSA) is 68.2 Å². The van der Waals surface area contributed by atoms with Gasteiger partial charge in [0.2, 0.25) is 5.91 Å². The van der Waals surface area contributed by atoms with Gasteiger partial charge in [-0.05, 0) is 32.9 Å². The molecule has 0 aromatic carbocycles. The van der Waals surface area contributed by atoms with Crippen LogP contribution in [0.15, 0.2) is 23.9 Å². The lowest BCUT2D eigenvalue weighted by Crippen LogP contribution is -2.55. The number of ether oxygens (including phenoxy) is 3. The summed E-state index contributed by atoms with van der Waals surface area (Å²) in [7, 11) is 1.61. The quantitative estimate of drug-likeness (QED) is 0.788. The average Bonchev–Trinajstić information content (AvgIpc) is 2.86. The van der Waals surface area contributed by atoms with Crippen molar-refractivity contribution in [2.45, 2.75) is 50.8 Å². The molecule has 0 unspecified atom stereocenters. The van der Waals surface area contributed by atoms with Crippen molar-refractivity contribution in [3.63, 3.8) is 0 Å². The van der Waals surface area contributed by atoms with Gasteiger partial charge in [0.05, 0.1) is 12.7 Å². The van der Waals surface area contributed by atoms with Gasteiger partial charge in [0.25, 0.3) is 0 Å². The number of aliphatic hydroxyl groups is 1. The lowest BCUT2D eigenvalue weighted by Gasteiger charge is -2.45. The van der Waals surface area contributed by atoms with E-state index in [0.717, 1.165) is 12.2 Å². The van der Waals surface area contributed by atoms with E-state index in [1.807, 2.05) is 32.1 Å². The van der Waals surface area contributed by atoms with Gasteiger partial charge in [-0.1, -0.05) is 6.08 Å². The van der Waals surface area contributed by atoms with Crippen LogP contribution in [0, 0.1) is 5.92 Å². The third-order valence-corrected chi connectivity index (χ3v) is 4.93. The van der Waals surface area contributed by atoms with Gasteiger partial charge < -0.3 is 24.2 Å². The Hall–Kier alpha value is -1.21. The van der Waals surface area contributed by atoms with E-state index in [0.29, 0.717) is 13.0 Å². The van der Waals surface area contributed by atoms with Gasteiger partial charge in [-0.3, -0.25) is 4.79 Å². The number of hydrogen-bond donors (Lipinski definition) is 1. The Kier molecular flexibility index (Phi) is 4.13. The van der Waals surface area contributed by atoms with Crippen LogP contribution >= 0.6 is 0 Å². The molecule has 0 bridgehead atoms. The van der Waals surface area contributed by atoms with Crippen molar-refractivity contribution in [2.24, 2.45) is 5.92 Å². The Morgan fingerprint density at radius 3 is 2.65 bits per heavy atom. The number of methoxy groups -OCH3 is 1. The van der Waals surface area contributed by atoms with Crippen molar-refractivity contribution >= 4 is 5.91 Å². The number of likely N-dealkylation sites (tertiary alicyclic amines) is 1. The average molecular weight is 323 g/mol. The molecule has 1 aliphatic carbocycles. The minimum absolute atomic E-state index is 0.108. The Balaban J connectivity index is 1.91. The fourth-order valence-corrected chi connectivity index (χ4v) is 3.55. The second-order valence-electron chi connectivity index (χ2n) is 6.86. The van der Waals surface area contributed by atoms with E-state index < -0.39 is 17.5 Å². The summed E-state index contributed by atoms with van der Waals surface area (Å²) < 4.78 is 17.5. The summed E-state index contributed by atoms with van der Waals surface area (Å²) >= 11 is 0. The second kappa shape index (κ2) is 5.70. The van der Waals surface area contributed by atoms with Crippen LogP contribution in [0.3, 0.4) is 0 Å². The van der Waals surface area contributed by atoms with Gasteiger partial charge in [-0.15, -0.1) is 0 Å². The highest BCUT2D eigenvalue weighted by molar-refractivity contribution is 5.84. The number of nitrogens with zero attached hydrogens (tertiary/aromatic N) is 1. The number of hydrogen-bond acceptors (Lipinski definition) is 5. The molecule has 1 N–H and O–H groups in total. The molecule has 128 valence electrons. The van der Waals surface area contributed by atoms with Crippen LogP contribution in [0.2, 0.25) is 0 Å². The van der Waals surface area contributed by atoms with Crippen LogP contribution in [0.5, 0.6) is 0 Å². The van der Waals surface area contributed by atoms with Gasteiger partial charge >= 0.3 is 0 Å². The van der Waals surface area contributed by atoms with Crippen molar-refractivity contribution < 1.29 is 24.1 Å². The van der Waals surface area contributed by atoms with Crippen LogP contribution in [-0.2, 0) is 19.0 Å². The zero-order chi connectivity index (χ0) is 16.8. The number of allylic oxidation sites excluding steroid dienone is 1. The Bertz CT molecular complexity index is 553. The number of rotatable bonds is 4. The molecule has 0 saturated carbocycles. The lowest BCUT2D eigenvalue weighted by molar-refractivity contribution is -0.180. The maximum absolute atomic E-state index is 11.7. The molecule has 2 saturated heterocycles. The van der Waals surface area contributed by atoms with Crippen LogP contribution in [0.25, 0.3) is 0 Å². The largest absolute Gasteiger partial charge is 0.393 e. The van der Waals surface area contributed by atoms with Crippen LogP contribution in [0.1, 0.15) is 27.2 Å². The molecule has 23 heavy (non-hydrogen) atoms. The highest BCUT2D eigenvalue weighted by Gasteiger charge is 2.52. The van der Waals surface area contributed by atoms with Gasteiger partial charge in [-0.2, -0.15) is 0 Å². The molecular formula is C17H25NO5. The first kappa shape index (κ1) is 16.6. The third kappa shape index (κ3) is 2.74. The summed E-state index contributed by atoms with van der Waals surface area (Å²) in [6, 6.07) is 0. The van der Waals surface area contributed by atoms with Gasteiger partial charge in [0.1, 0.15) is 11.7 Å². The van der Waals surface area contributed by atoms with Crippen LogP contribution in [0.4, 0.5) is 0 Å². The molecule has 0 spiro atoms. The highest BCUT2D eigenvalue weighted by Crippen LogP contribution is 2.42. The number of carbonyl (C=O) groups excluding carboxylic acids is 1. The summed E-state index contributed by atoms with van der Waals surface area (Å²) in [4.78, 5) is 13.4. The Morgan fingerprint density at radius 1 is 1.48 bits per heavy atom.